The van der Waals surface area contributed by atoms with Gasteiger partial charge in [-0.2, -0.15) is 0 Å². The summed E-state index contributed by atoms with van der Waals surface area (Å²) in [6.45, 7) is 3.06. The number of benzene rings is 1. The monoisotopic (exact) mass is 364 g/mol. The van der Waals surface area contributed by atoms with Crippen molar-refractivity contribution in [1.29, 1.82) is 0 Å². The maximum atomic E-state index is 6.18. The van der Waals surface area contributed by atoms with Crippen LogP contribution < -0.4 is 0 Å². The molecule has 0 unspecified atom stereocenters. The Balaban J connectivity index is 1.57. The van der Waals surface area contributed by atoms with E-state index in [0.29, 0.717) is 5.92 Å². The third-order valence-corrected chi connectivity index (χ3v) is 5.11. The fourth-order valence-electron chi connectivity index (χ4n) is 3.67. The van der Waals surface area contributed by atoms with E-state index in [9.17, 15) is 0 Å². The lowest BCUT2D eigenvalue weighted by Crippen LogP contribution is -2.34. The van der Waals surface area contributed by atoms with Crippen molar-refractivity contribution in [1.82, 2.24) is 19.9 Å². The Bertz CT molecular complexity index is 869. The molecule has 1 aromatic carbocycles. The maximum absolute atomic E-state index is 6.18. The van der Waals surface area contributed by atoms with Gasteiger partial charge in [0.05, 0.1) is 11.4 Å². The van der Waals surface area contributed by atoms with Crippen LogP contribution in [0.3, 0.4) is 0 Å². The summed E-state index contributed by atoms with van der Waals surface area (Å²) in [5, 5.41) is 0.724. The first-order valence-electron chi connectivity index (χ1n) is 8.98. The van der Waals surface area contributed by atoms with E-state index < -0.39 is 0 Å². The zero-order valence-corrected chi connectivity index (χ0v) is 15.3. The van der Waals surface area contributed by atoms with Gasteiger partial charge in [-0.05, 0) is 49.2 Å². The summed E-state index contributed by atoms with van der Waals surface area (Å²) in [6, 6.07) is 12.0. The second-order valence-electron chi connectivity index (χ2n) is 6.73. The molecule has 3 aromatic rings. The highest BCUT2D eigenvalue weighted by Gasteiger charge is 2.25. The molecule has 1 fully saturated rings. The fourth-order valence-corrected chi connectivity index (χ4v) is 3.86. The molecule has 3 heterocycles. The van der Waals surface area contributed by atoms with Crippen molar-refractivity contribution in [3.8, 4) is 11.3 Å². The number of nitrogens with zero attached hydrogens (tertiary/aromatic N) is 4. The standard InChI is InChI=1S/C21H21ClN4/c22-19-5-1-3-17(13-19)20-21(25-11-10-24-20)18-4-2-12-26(15-18)14-16-6-8-23-9-7-16/h1,3,5-11,13,18H,2,4,12,14-15H2/t18-/m1/s1. The lowest BCUT2D eigenvalue weighted by atomic mass is 9.91. The SMILES string of the molecule is Clc1cccc(-c2nccnc2[C@@H]2CCCN(Cc3ccncc3)C2)c1. The number of halogens is 1. The normalized spacial score (nSPS) is 18.0. The van der Waals surface area contributed by atoms with Gasteiger partial charge in [0.15, 0.2) is 0 Å². The zero-order chi connectivity index (χ0) is 17.8. The molecule has 132 valence electrons. The van der Waals surface area contributed by atoms with Gasteiger partial charge in [0.25, 0.3) is 0 Å². The molecule has 4 rings (SSSR count). The molecule has 1 aliphatic heterocycles. The van der Waals surface area contributed by atoms with Crippen LogP contribution in [0.25, 0.3) is 11.3 Å². The van der Waals surface area contributed by atoms with Crippen LogP contribution >= 0.6 is 11.6 Å². The minimum Gasteiger partial charge on any atom is -0.298 e. The third-order valence-electron chi connectivity index (χ3n) is 4.87. The third kappa shape index (κ3) is 3.92. The lowest BCUT2D eigenvalue weighted by molar-refractivity contribution is 0.198. The Morgan fingerprint density at radius 1 is 1.04 bits per heavy atom. The van der Waals surface area contributed by atoms with Crippen LogP contribution in [0.15, 0.2) is 61.2 Å². The van der Waals surface area contributed by atoms with Crippen molar-refractivity contribution < 1.29 is 0 Å². The predicted molar refractivity (Wildman–Crippen MR) is 104 cm³/mol. The number of pyridine rings is 1. The molecular formula is C21H21ClN4. The summed E-state index contributed by atoms with van der Waals surface area (Å²) in [5.74, 6) is 0.383. The highest BCUT2D eigenvalue weighted by Crippen LogP contribution is 2.32. The van der Waals surface area contributed by atoms with E-state index in [2.05, 4.69) is 33.1 Å². The average Bonchev–Trinajstić information content (AvgIpc) is 2.69. The molecule has 0 N–H and O–H groups in total. The van der Waals surface area contributed by atoms with Crippen molar-refractivity contribution >= 4 is 11.6 Å². The number of hydrogen-bond donors (Lipinski definition) is 0. The van der Waals surface area contributed by atoms with E-state index >= 15 is 0 Å². The highest BCUT2D eigenvalue weighted by atomic mass is 35.5. The van der Waals surface area contributed by atoms with Gasteiger partial charge in [0.1, 0.15) is 0 Å². The van der Waals surface area contributed by atoms with Crippen LogP contribution in [-0.4, -0.2) is 32.9 Å². The molecule has 0 radical (unpaired) electrons. The number of likely N-dealkylation sites (tertiary alicyclic amines) is 1. The van der Waals surface area contributed by atoms with Crippen molar-refractivity contribution in [3.05, 3.63) is 77.5 Å². The van der Waals surface area contributed by atoms with Gasteiger partial charge in [0.2, 0.25) is 0 Å². The van der Waals surface area contributed by atoms with Crippen LogP contribution in [0, 0.1) is 0 Å². The second kappa shape index (κ2) is 7.94. The van der Waals surface area contributed by atoms with Gasteiger partial charge in [-0.3, -0.25) is 19.9 Å². The number of hydrogen-bond acceptors (Lipinski definition) is 4. The summed E-state index contributed by atoms with van der Waals surface area (Å²) in [4.78, 5) is 15.9. The molecule has 26 heavy (non-hydrogen) atoms. The quantitative estimate of drug-likeness (QED) is 0.680. The van der Waals surface area contributed by atoms with Crippen LogP contribution in [0.4, 0.5) is 0 Å². The number of aromatic nitrogens is 3. The Morgan fingerprint density at radius 2 is 1.88 bits per heavy atom. The summed E-state index contributed by atoms with van der Waals surface area (Å²) in [5.41, 5.74) is 4.36. The van der Waals surface area contributed by atoms with Crippen LogP contribution in [0.5, 0.6) is 0 Å². The molecule has 0 bridgehead atoms. The lowest BCUT2D eigenvalue weighted by Gasteiger charge is -2.33. The highest BCUT2D eigenvalue weighted by molar-refractivity contribution is 6.30. The molecule has 5 heteroatoms. The summed E-state index contributed by atoms with van der Waals surface area (Å²) < 4.78 is 0. The Morgan fingerprint density at radius 3 is 2.73 bits per heavy atom. The van der Waals surface area contributed by atoms with Gasteiger partial charge >= 0.3 is 0 Å². The minimum absolute atomic E-state index is 0.383. The van der Waals surface area contributed by atoms with E-state index in [-0.39, 0.29) is 0 Å². The van der Waals surface area contributed by atoms with E-state index in [1.165, 1.54) is 12.0 Å². The van der Waals surface area contributed by atoms with Crippen molar-refractivity contribution in [3.63, 3.8) is 0 Å². The first-order valence-corrected chi connectivity index (χ1v) is 9.35. The van der Waals surface area contributed by atoms with Crippen molar-refractivity contribution in [2.24, 2.45) is 0 Å². The number of piperidine rings is 1. The van der Waals surface area contributed by atoms with Gasteiger partial charge in [-0.15, -0.1) is 0 Å². The predicted octanol–water partition coefficient (Wildman–Crippen LogP) is 4.57. The molecule has 4 nitrogen and oxygen atoms in total. The van der Waals surface area contributed by atoms with Crippen molar-refractivity contribution in [2.75, 3.05) is 13.1 Å². The Hall–Kier alpha value is -2.30. The molecule has 1 aliphatic rings. The van der Waals surface area contributed by atoms with Crippen molar-refractivity contribution in [2.45, 2.75) is 25.3 Å². The first-order chi connectivity index (χ1) is 12.8. The van der Waals surface area contributed by atoms with Crippen LogP contribution in [0.1, 0.15) is 30.0 Å². The topological polar surface area (TPSA) is 41.9 Å². The summed E-state index contributed by atoms with van der Waals surface area (Å²) >= 11 is 6.18. The summed E-state index contributed by atoms with van der Waals surface area (Å²) in [7, 11) is 0. The molecule has 0 amide bonds. The van der Waals surface area contributed by atoms with Crippen LogP contribution in [0.2, 0.25) is 5.02 Å². The molecular weight excluding hydrogens is 344 g/mol. The largest absolute Gasteiger partial charge is 0.298 e. The molecule has 1 atom stereocenters. The van der Waals surface area contributed by atoms with Gasteiger partial charge < -0.3 is 0 Å². The summed E-state index contributed by atoms with van der Waals surface area (Å²) in [6.07, 6.45) is 9.58. The zero-order valence-electron chi connectivity index (χ0n) is 14.6. The van der Waals surface area contributed by atoms with Gasteiger partial charge in [-0.25, -0.2) is 0 Å². The average molecular weight is 365 g/mol. The molecule has 0 saturated carbocycles. The molecule has 1 saturated heterocycles. The molecule has 0 aliphatic carbocycles. The Labute approximate surface area is 158 Å². The van der Waals surface area contributed by atoms with E-state index in [1.54, 1.807) is 12.4 Å². The van der Waals surface area contributed by atoms with E-state index in [1.807, 2.05) is 30.6 Å². The molecule has 0 spiro atoms. The smallest absolute Gasteiger partial charge is 0.0921 e. The van der Waals surface area contributed by atoms with Gasteiger partial charge in [-0.1, -0.05) is 23.7 Å². The fraction of sp³-hybridized carbons (Fsp3) is 0.286. The number of rotatable bonds is 4. The van der Waals surface area contributed by atoms with Gasteiger partial charge in [0, 0.05) is 54.4 Å². The first kappa shape index (κ1) is 17.1. The van der Waals surface area contributed by atoms with E-state index in [4.69, 9.17) is 16.6 Å². The Kier molecular flexibility index (Phi) is 5.23. The maximum Gasteiger partial charge on any atom is 0.0921 e. The molecule has 2 aromatic heterocycles. The van der Waals surface area contributed by atoms with E-state index in [0.717, 1.165) is 48.0 Å². The second-order valence-corrected chi connectivity index (χ2v) is 7.17. The minimum atomic E-state index is 0.383. The van der Waals surface area contributed by atoms with Crippen LogP contribution in [-0.2, 0) is 6.54 Å².